The Bertz CT molecular complexity index is 434. The Morgan fingerprint density at radius 2 is 2.06 bits per heavy atom. The van der Waals surface area contributed by atoms with Crippen molar-refractivity contribution in [3.8, 4) is 6.07 Å². The second-order valence-electron chi connectivity index (χ2n) is 4.90. The molecular weight excluding hydrogens is 234 g/mol. The van der Waals surface area contributed by atoms with Crippen molar-refractivity contribution in [3.63, 3.8) is 0 Å². The van der Waals surface area contributed by atoms with Gasteiger partial charge < -0.3 is 5.32 Å². The summed E-state index contributed by atoms with van der Waals surface area (Å²) in [5, 5.41) is 11.9. The molecule has 0 aromatic heterocycles. The lowest BCUT2D eigenvalue weighted by Crippen LogP contribution is -2.22. The maximum atomic E-state index is 13.0. The molecule has 1 atom stereocenters. The van der Waals surface area contributed by atoms with Crippen LogP contribution in [0.25, 0.3) is 0 Å². The molecule has 0 bridgehead atoms. The standard InChI is InChI=1S/C14H16F2N2/c15-14(16)6-5-13(7-14)10-18-9-12-3-1-11(8-17)2-4-12/h1-4,13,18H,5-7,9-10H2. The Morgan fingerprint density at radius 1 is 1.33 bits per heavy atom. The predicted molar refractivity (Wildman–Crippen MR) is 65.2 cm³/mol. The number of alkyl halides is 2. The molecule has 1 aromatic rings. The van der Waals surface area contributed by atoms with Crippen molar-refractivity contribution in [2.24, 2.45) is 5.92 Å². The number of nitrogens with zero attached hydrogens (tertiary/aromatic N) is 1. The fraction of sp³-hybridized carbons (Fsp3) is 0.500. The fourth-order valence-electron chi connectivity index (χ4n) is 2.33. The molecule has 0 aliphatic heterocycles. The Morgan fingerprint density at radius 3 is 2.61 bits per heavy atom. The first kappa shape index (κ1) is 13.0. The van der Waals surface area contributed by atoms with Crippen molar-refractivity contribution in [1.29, 1.82) is 5.26 Å². The summed E-state index contributed by atoms with van der Waals surface area (Å²) >= 11 is 0. The average Bonchev–Trinajstić information content (AvgIpc) is 2.70. The monoisotopic (exact) mass is 250 g/mol. The van der Waals surface area contributed by atoms with Gasteiger partial charge in [0, 0.05) is 19.4 Å². The van der Waals surface area contributed by atoms with E-state index in [1.54, 1.807) is 12.1 Å². The number of hydrogen-bond acceptors (Lipinski definition) is 2. The SMILES string of the molecule is N#Cc1ccc(CNCC2CCC(F)(F)C2)cc1. The van der Waals surface area contributed by atoms with Gasteiger partial charge in [0.15, 0.2) is 0 Å². The molecule has 0 spiro atoms. The summed E-state index contributed by atoms with van der Waals surface area (Å²) in [5.41, 5.74) is 1.70. The van der Waals surface area contributed by atoms with Gasteiger partial charge in [-0.1, -0.05) is 12.1 Å². The van der Waals surface area contributed by atoms with Crippen molar-refractivity contribution < 1.29 is 8.78 Å². The lowest BCUT2D eigenvalue weighted by Gasteiger charge is -2.11. The normalized spacial score (nSPS) is 21.7. The topological polar surface area (TPSA) is 35.8 Å². The molecule has 0 saturated heterocycles. The van der Waals surface area contributed by atoms with Crippen molar-refractivity contribution in [2.45, 2.75) is 31.7 Å². The van der Waals surface area contributed by atoms with Crippen molar-refractivity contribution >= 4 is 0 Å². The van der Waals surface area contributed by atoms with E-state index in [1.807, 2.05) is 12.1 Å². The maximum Gasteiger partial charge on any atom is 0.248 e. The van der Waals surface area contributed by atoms with Crippen molar-refractivity contribution in [2.75, 3.05) is 6.54 Å². The number of rotatable bonds is 4. The quantitative estimate of drug-likeness (QED) is 0.891. The van der Waals surface area contributed by atoms with Crippen LogP contribution in [0, 0.1) is 17.2 Å². The number of nitrogens with one attached hydrogen (secondary N) is 1. The highest BCUT2D eigenvalue weighted by atomic mass is 19.3. The molecule has 1 saturated carbocycles. The van der Waals surface area contributed by atoms with Crippen LogP contribution in [0.4, 0.5) is 8.78 Å². The summed E-state index contributed by atoms with van der Waals surface area (Å²) in [6, 6.07) is 9.36. The van der Waals surface area contributed by atoms with Gasteiger partial charge in [0.25, 0.3) is 0 Å². The van der Waals surface area contributed by atoms with E-state index in [1.165, 1.54) is 0 Å². The first-order valence-electron chi connectivity index (χ1n) is 6.17. The molecule has 18 heavy (non-hydrogen) atoms. The average molecular weight is 250 g/mol. The Hall–Kier alpha value is -1.47. The van der Waals surface area contributed by atoms with Crippen LogP contribution in [0.1, 0.15) is 30.4 Å². The zero-order chi connectivity index (χ0) is 13.0. The minimum atomic E-state index is -2.46. The van der Waals surface area contributed by atoms with E-state index in [0.717, 1.165) is 5.56 Å². The molecule has 2 rings (SSSR count). The van der Waals surface area contributed by atoms with Gasteiger partial charge in [-0.05, 0) is 36.6 Å². The Kier molecular flexibility index (Phi) is 3.93. The van der Waals surface area contributed by atoms with E-state index in [2.05, 4.69) is 11.4 Å². The second-order valence-corrected chi connectivity index (χ2v) is 4.90. The summed E-state index contributed by atoms with van der Waals surface area (Å²) in [5.74, 6) is -2.38. The lowest BCUT2D eigenvalue weighted by atomic mass is 10.1. The zero-order valence-corrected chi connectivity index (χ0v) is 10.1. The van der Waals surface area contributed by atoms with E-state index in [-0.39, 0.29) is 18.8 Å². The van der Waals surface area contributed by atoms with Crippen LogP contribution in [0.15, 0.2) is 24.3 Å². The molecule has 4 heteroatoms. The van der Waals surface area contributed by atoms with E-state index in [9.17, 15) is 8.78 Å². The van der Waals surface area contributed by atoms with Gasteiger partial charge in [-0.3, -0.25) is 0 Å². The number of halogens is 2. The number of hydrogen-bond donors (Lipinski definition) is 1. The van der Waals surface area contributed by atoms with Gasteiger partial charge in [0.1, 0.15) is 0 Å². The first-order valence-corrected chi connectivity index (χ1v) is 6.17. The third kappa shape index (κ3) is 3.51. The van der Waals surface area contributed by atoms with Crippen molar-refractivity contribution in [1.82, 2.24) is 5.32 Å². The van der Waals surface area contributed by atoms with E-state index >= 15 is 0 Å². The largest absolute Gasteiger partial charge is 0.312 e. The molecule has 0 radical (unpaired) electrons. The molecule has 1 unspecified atom stereocenters. The number of nitriles is 1. The molecule has 1 N–H and O–H groups in total. The summed E-state index contributed by atoms with van der Waals surface area (Å²) in [7, 11) is 0. The highest BCUT2D eigenvalue weighted by Gasteiger charge is 2.38. The third-order valence-corrected chi connectivity index (χ3v) is 3.35. The first-order chi connectivity index (χ1) is 8.59. The minimum Gasteiger partial charge on any atom is -0.312 e. The molecule has 1 aliphatic rings. The van der Waals surface area contributed by atoms with Gasteiger partial charge in [0.05, 0.1) is 11.6 Å². The molecule has 1 fully saturated rings. The predicted octanol–water partition coefficient (Wildman–Crippen LogP) is 3.08. The van der Waals surface area contributed by atoms with Crippen LogP contribution in [0.2, 0.25) is 0 Å². The van der Waals surface area contributed by atoms with E-state index in [4.69, 9.17) is 5.26 Å². The van der Waals surface area contributed by atoms with Gasteiger partial charge in [-0.15, -0.1) is 0 Å². The second kappa shape index (κ2) is 5.45. The molecule has 1 aromatic carbocycles. The van der Waals surface area contributed by atoms with Crippen LogP contribution in [-0.2, 0) is 6.54 Å². The summed E-state index contributed by atoms with van der Waals surface area (Å²) < 4.78 is 25.9. The van der Waals surface area contributed by atoms with Crippen molar-refractivity contribution in [3.05, 3.63) is 35.4 Å². The lowest BCUT2D eigenvalue weighted by molar-refractivity contribution is 0.00508. The molecule has 2 nitrogen and oxygen atoms in total. The number of benzene rings is 1. The van der Waals surface area contributed by atoms with Gasteiger partial charge in [-0.25, -0.2) is 8.78 Å². The van der Waals surface area contributed by atoms with Crippen LogP contribution in [-0.4, -0.2) is 12.5 Å². The maximum absolute atomic E-state index is 13.0. The highest BCUT2D eigenvalue weighted by molar-refractivity contribution is 5.31. The summed E-state index contributed by atoms with van der Waals surface area (Å²) in [6.07, 6.45) is 0.636. The van der Waals surface area contributed by atoms with E-state index < -0.39 is 5.92 Å². The third-order valence-electron chi connectivity index (χ3n) is 3.35. The Labute approximate surface area is 106 Å². The fourth-order valence-corrected chi connectivity index (χ4v) is 2.33. The molecule has 0 amide bonds. The van der Waals surface area contributed by atoms with Crippen LogP contribution in [0.5, 0.6) is 0 Å². The van der Waals surface area contributed by atoms with Gasteiger partial charge in [0.2, 0.25) is 5.92 Å². The molecule has 96 valence electrons. The van der Waals surface area contributed by atoms with Crippen LogP contribution in [0.3, 0.4) is 0 Å². The molecule has 1 aliphatic carbocycles. The van der Waals surface area contributed by atoms with Gasteiger partial charge in [-0.2, -0.15) is 5.26 Å². The van der Waals surface area contributed by atoms with Crippen LogP contribution < -0.4 is 5.32 Å². The summed E-state index contributed by atoms with van der Waals surface area (Å²) in [4.78, 5) is 0. The van der Waals surface area contributed by atoms with Crippen LogP contribution >= 0.6 is 0 Å². The minimum absolute atomic E-state index is 0.00731. The van der Waals surface area contributed by atoms with Gasteiger partial charge >= 0.3 is 0 Å². The Balaban J connectivity index is 1.74. The highest BCUT2D eigenvalue weighted by Crippen LogP contribution is 2.38. The van der Waals surface area contributed by atoms with E-state index in [0.29, 0.717) is 25.1 Å². The molecular formula is C14H16F2N2. The smallest absolute Gasteiger partial charge is 0.248 e. The summed E-state index contributed by atoms with van der Waals surface area (Å²) in [6.45, 7) is 1.30. The molecule has 0 heterocycles. The zero-order valence-electron chi connectivity index (χ0n) is 10.1.